The number of carboxylic acid groups (broad SMARTS) is 1. The van der Waals surface area contributed by atoms with Crippen LogP contribution in [0.2, 0.25) is 0 Å². The summed E-state index contributed by atoms with van der Waals surface area (Å²) < 4.78 is 45.7. The third-order valence-electron chi connectivity index (χ3n) is 5.25. The molecular formula is C21H23F3O3. The minimum absolute atomic E-state index is 0.0193. The molecule has 6 heteroatoms. The lowest BCUT2D eigenvalue weighted by Crippen LogP contribution is -2.12. The molecule has 146 valence electrons. The van der Waals surface area contributed by atoms with Gasteiger partial charge < -0.3 is 9.84 Å². The first kappa shape index (κ1) is 19.5. The monoisotopic (exact) mass is 380 g/mol. The zero-order valence-corrected chi connectivity index (χ0v) is 15.0. The molecule has 0 radical (unpaired) electrons. The zero-order chi connectivity index (χ0) is 19.4. The van der Waals surface area contributed by atoms with Gasteiger partial charge in [0.05, 0.1) is 5.56 Å². The summed E-state index contributed by atoms with van der Waals surface area (Å²) in [5.74, 6) is -0.498. The van der Waals surface area contributed by atoms with Crippen molar-refractivity contribution in [3.63, 3.8) is 0 Å². The molecule has 1 unspecified atom stereocenters. The van der Waals surface area contributed by atoms with Crippen LogP contribution in [0, 0.1) is 5.92 Å². The van der Waals surface area contributed by atoms with Crippen molar-refractivity contribution in [2.24, 2.45) is 5.92 Å². The van der Waals surface area contributed by atoms with Gasteiger partial charge in [-0.05, 0) is 67.7 Å². The summed E-state index contributed by atoms with van der Waals surface area (Å²) in [6.07, 6.45) is 4.59. The van der Waals surface area contributed by atoms with Gasteiger partial charge in [-0.3, -0.25) is 4.79 Å². The summed E-state index contributed by atoms with van der Waals surface area (Å²) in [5.41, 5.74) is 1.75. The molecule has 0 aromatic heterocycles. The van der Waals surface area contributed by atoms with Gasteiger partial charge in [-0.15, -0.1) is 0 Å². The maximum absolute atomic E-state index is 13.3. The Morgan fingerprint density at radius 3 is 2.74 bits per heavy atom. The number of halogens is 3. The molecule has 0 bridgehead atoms. The van der Waals surface area contributed by atoms with E-state index in [-0.39, 0.29) is 24.2 Å². The fraction of sp³-hybridized carbons (Fsp3) is 0.476. The minimum Gasteiger partial charge on any atom is -0.489 e. The van der Waals surface area contributed by atoms with Crippen LogP contribution in [0.4, 0.5) is 13.2 Å². The fourth-order valence-electron chi connectivity index (χ4n) is 3.90. The van der Waals surface area contributed by atoms with E-state index >= 15 is 0 Å². The highest BCUT2D eigenvalue weighted by atomic mass is 19.4. The summed E-state index contributed by atoms with van der Waals surface area (Å²) >= 11 is 0. The van der Waals surface area contributed by atoms with Gasteiger partial charge in [0.15, 0.2) is 0 Å². The predicted octanol–water partition coefficient (Wildman–Crippen LogP) is 5.55. The molecule has 1 aromatic rings. The molecule has 1 aromatic carbocycles. The van der Waals surface area contributed by atoms with Gasteiger partial charge in [-0.25, -0.2) is 0 Å². The van der Waals surface area contributed by atoms with Gasteiger partial charge in [0.25, 0.3) is 0 Å². The first-order valence-electron chi connectivity index (χ1n) is 9.27. The van der Waals surface area contributed by atoms with Gasteiger partial charge in [-0.1, -0.05) is 23.8 Å². The van der Waals surface area contributed by atoms with Crippen LogP contribution in [0.5, 0.6) is 5.75 Å². The third-order valence-corrected chi connectivity index (χ3v) is 5.25. The van der Waals surface area contributed by atoms with E-state index in [9.17, 15) is 18.0 Å². The first-order chi connectivity index (χ1) is 12.8. The highest BCUT2D eigenvalue weighted by Crippen LogP contribution is 2.38. The highest BCUT2D eigenvalue weighted by Gasteiger charge is 2.34. The standard InChI is InChI=1S/C21H23F3O3/c22-21(23,24)19-12-17(10-8-15(19)9-11-20(25)26)27-13-16-6-3-7-18(16)14-4-1-2-5-14/h1,4,8,10,12,14H,2-3,5-7,9,11,13H2,(H,25,26). The molecule has 27 heavy (non-hydrogen) atoms. The summed E-state index contributed by atoms with van der Waals surface area (Å²) in [5, 5.41) is 8.73. The van der Waals surface area contributed by atoms with Crippen LogP contribution in [-0.4, -0.2) is 17.7 Å². The summed E-state index contributed by atoms with van der Waals surface area (Å²) in [4.78, 5) is 10.7. The van der Waals surface area contributed by atoms with Crippen molar-refractivity contribution in [2.45, 2.75) is 51.1 Å². The lowest BCUT2D eigenvalue weighted by Gasteiger charge is -2.16. The summed E-state index contributed by atoms with van der Waals surface area (Å²) in [6.45, 7) is 0.311. The van der Waals surface area contributed by atoms with Crippen molar-refractivity contribution in [3.05, 3.63) is 52.6 Å². The van der Waals surface area contributed by atoms with Gasteiger partial charge in [0.2, 0.25) is 0 Å². The molecule has 0 amide bonds. The van der Waals surface area contributed by atoms with Crippen molar-refractivity contribution in [1.82, 2.24) is 0 Å². The molecule has 0 saturated carbocycles. The van der Waals surface area contributed by atoms with E-state index in [1.54, 1.807) is 0 Å². The van der Waals surface area contributed by atoms with Crippen LogP contribution in [0.1, 0.15) is 49.7 Å². The lowest BCUT2D eigenvalue weighted by atomic mass is 9.95. The van der Waals surface area contributed by atoms with Crippen LogP contribution in [-0.2, 0) is 17.4 Å². The highest BCUT2D eigenvalue weighted by molar-refractivity contribution is 5.67. The number of aryl methyl sites for hydroxylation is 1. The lowest BCUT2D eigenvalue weighted by molar-refractivity contribution is -0.140. The van der Waals surface area contributed by atoms with Gasteiger partial charge >= 0.3 is 12.1 Å². The van der Waals surface area contributed by atoms with Crippen molar-refractivity contribution in [1.29, 1.82) is 0 Å². The average molecular weight is 380 g/mol. The second kappa shape index (κ2) is 8.19. The Bertz CT molecular complexity index is 762. The molecule has 0 aliphatic heterocycles. The average Bonchev–Trinajstić information content (AvgIpc) is 3.28. The summed E-state index contributed by atoms with van der Waals surface area (Å²) in [6, 6.07) is 3.81. The van der Waals surface area contributed by atoms with Crippen molar-refractivity contribution in [2.75, 3.05) is 6.61 Å². The second-order valence-electron chi connectivity index (χ2n) is 7.09. The number of hydrogen-bond acceptors (Lipinski definition) is 2. The molecule has 0 spiro atoms. The van der Waals surface area contributed by atoms with Crippen molar-refractivity contribution < 1.29 is 27.8 Å². The molecule has 1 N–H and O–H groups in total. The molecular weight excluding hydrogens is 357 g/mol. The third kappa shape index (κ3) is 4.93. The van der Waals surface area contributed by atoms with Crippen molar-refractivity contribution >= 4 is 5.97 Å². The Morgan fingerprint density at radius 1 is 1.26 bits per heavy atom. The Hall–Kier alpha value is -2.24. The Morgan fingerprint density at radius 2 is 2.07 bits per heavy atom. The van der Waals surface area contributed by atoms with Crippen molar-refractivity contribution in [3.8, 4) is 5.75 Å². The smallest absolute Gasteiger partial charge is 0.416 e. The normalized spacial score (nSPS) is 19.7. The first-order valence-corrected chi connectivity index (χ1v) is 9.27. The number of hydrogen-bond donors (Lipinski definition) is 1. The molecule has 0 fully saturated rings. The minimum atomic E-state index is -4.54. The van der Waals surface area contributed by atoms with E-state index in [1.165, 1.54) is 23.3 Å². The number of aliphatic carboxylic acids is 1. The summed E-state index contributed by atoms with van der Waals surface area (Å²) in [7, 11) is 0. The molecule has 2 aliphatic rings. The second-order valence-corrected chi connectivity index (χ2v) is 7.09. The van der Waals surface area contributed by atoms with E-state index in [2.05, 4.69) is 12.2 Å². The van der Waals surface area contributed by atoms with E-state index in [1.807, 2.05) is 0 Å². The maximum atomic E-state index is 13.3. The number of carbonyl (C=O) groups is 1. The van der Waals surface area contributed by atoms with Crippen LogP contribution >= 0.6 is 0 Å². The van der Waals surface area contributed by atoms with Gasteiger partial charge in [0, 0.05) is 6.42 Å². The van der Waals surface area contributed by atoms with E-state index in [0.29, 0.717) is 12.5 Å². The Labute approximate surface area is 156 Å². The number of rotatable bonds is 7. The number of ether oxygens (including phenoxy) is 1. The van der Waals surface area contributed by atoms with Gasteiger partial charge in [0.1, 0.15) is 12.4 Å². The largest absolute Gasteiger partial charge is 0.489 e. The topological polar surface area (TPSA) is 46.5 Å². The zero-order valence-electron chi connectivity index (χ0n) is 15.0. The number of allylic oxidation sites excluding steroid dienone is 3. The number of carboxylic acids is 1. The molecule has 3 nitrogen and oxygen atoms in total. The quantitative estimate of drug-likeness (QED) is 0.631. The Kier molecular flexibility index (Phi) is 5.92. The van der Waals surface area contributed by atoms with Crippen LogP contribution in [0.3, 0.4) is 0 Å². The van der Waals surface area contributed by atoms with Crippen LogP contribution in [0.25, 0.3) is 0 Å². The van der Waals surface area contributed by atoms with E-state index in [0.717, 1.165) is 38.2 Å². The van der Waals surface area contributed by atoms with Crippen LogP contribution in [0.15, 0.2) is 41.5 Å². The van der Waals surface area contributed by atoms with Crippen LogP contribution < -0.4 is 4.74 Å². The van der Waals surface area contributed by atoms with E-state index in [4.69, 9.17) is 9.84 Å². The molecule has 0 heterocycles. The Balaban J connectivity index is 1.74. The molecule has 2 aliphatic carbocycles. The SMILES string of the molecule is O=C(O)CCc1ccc(OCC2=C(C3C=CCC3)CCC2)cc1C(F)(F)F. The maximum Gasteiger partial charge on any atom is 0.416 e. The van der Waals surface area contributed by atoms with Gasteiger partial charge in [-0.2, -0.15) is 13.2 Å². The predicted molar refractivity (Wildman–Crippen MR) is 95.6 cm³/mol. The fourth-order valence-corrected chi connectivity index (χ4v) is 3.90. The number of alkyl halides is 3. The molecule has 1 atom stereocenters. The molecule has 3 rings (SSSR count). The molecule has 0 saturated heterocycles. The number of benzene rings is 1. The van der Waals surface area contributed by atoms with E-state index < -0.39 is 17.7 Å².